The summed E-state index contributed by atoms with van der Waals surface area (Å²) in [5.41, 5.74) is 1.43. The number of amides is 1. The topological polar surface area (TPSA) is 75.5 Å². The van der Waals surface area contributed by atoms with Gasteiger partial charge in [-0.05, 0) is 31.0 Å². The minimum Gasteiger partial charge on any atom is -0.366 e. The monoisotopic (exact) mass is 325 g/mol. The second-order valence-corrected chi connectivity index (χ2v) is 5.85. The Hall–Kier alpha value is -2.89. The van der Waals surface area contributed by atoms with Gasteiger partial charge in [-0.3, -0.25) is 14.9 Å². The number of benzene rings is 2. The molecule has 24 heavy (non-hydrogen) atoms. The van der Waals surface area contributed by atoms with E-state index in [1.165, 1.54) is 6.07 Å². The molecular weight excluding hydrogens is 306 g/mol. The van der Waals surface area contributed by atoms with E-state index in [1.807, 2.05) is 29.2 Å². The summed E-state index contributed by atoms with van der Waals surface area (Å²) in [5.74, 6) is -0.0697. The van der Waals surface area contributed by atoms with Gasteiger partial charge in [0.25, 0.3) is 11.6 Å². The van der Waals surface area contributed by atoms with E-state index in [0.29, 0.717) is 24.3 Å². The lowest BCUT2D eigenvalue weighted by Gasteiger charge is -2.33. The Morgan fingerprint density at radius 3 is 2.33 bits per heavy atom. The molecule has 6 nitrogen and oxygen atoms in total. The van der Waals surface area contributed by atoms with Crippen LogP contribution in [0.25, 0.3) is 0 Å². The van der Waals surface area contributed by atoms with Gasteiger partial charge in [-0.15, -0.1) is 0 Å². The van der Waals surface area contributed by atoms with Crippen LogP contribution in [0, 0.1) is 10.1 Å². The molecule has 1 aliphatic heterocycles. The number of anilines is 1. The summed E-state index contributed by atoms with van der Waals surface area (Å²) >= 11 is 0. The fourth-order valence-electron chi connectivity index (χ4n) is 3.01. The van der Waals surface area contributed by atoms with Gasteiger partial charge in [0.1, 0.15) is 5.69 Å². The fraction of sp³-hybridized carbons (Fsp3) is 0.278. The minimum absolute atomic E-state index is 0.0697. The summed E-state index contributed by atoms with van der Waals surface area (Å²) in [6.45, 7) is 1.37. The minimum atomic E-state index is -0.349. The molecule has 0 radical (unpaired) electrons. The number of carbonyl (C=O) groups excluding carboxylic acids is 1. The van der Waals surface area contributed by atoms with Crippen molar-refractivity contribution in [2.45, 2.75) is 18.9 Å². The molecule has 1 aliphatic rings. The molecule has 2 aromatic rings. The van der Waals surface area contributed by atoms with Crippen molar-refractivity contribution in [3.63, 3.8) is 0 Å². The summed E-state index contributed by atoms with van der Waals surface area (Å²) in [6.07, 6.45) is 1.54. The predicted molar refractivity (Wildman–Crippen MR) is 92.2 cm³/mol. The highest BCUT2D eigenvalue weighted by Crippen LogP contribution is 2.29. The molecule has 2 aromatic carbocycles. The van der Waals surface area contributed by atoms with Crippen molar-refractivity contribution in [2.75, 3.05) is 18.0 Å². The molecule has 1 N–H and O–H groups in total. The molecule has 0 bridgehead atoms. The Labute approximate surface area is 140 Å². The molecule has 1 heterocycles. The molecule has 0 aromatic heterocycles. The molecule has 0 aliphatic carbocycles. The van der Waals surface area contributed by atoms with Gasteiger partial charge in [0, 0.05) is 30.8 Å². The van der Waals surface area contributed by atoms with Gasteiger partial charge < -0.3 is 10.2 Å². The Morgan fingerprint density at radius 2 is 1.67 bits per heavy atom. The van der Waals surface area contributed by atoms with Crippen molar-refractivity contribution < 1.29 is 9.72 Å². The van der Waals surface area contributed by atoms with Crippen molar-refractivity contribution in [1.29, 1.82) is 0 Å². The van der Waals surface area contributed by atoms with E-state index in [-0.39, 0.29) is 22.6 Å². The number of piperidine rings is 1. The zero-order valence-corrected chi connectivity index (χ0v) is 13.2. The fourth-order valence-corrected chi connectivity index (χ4v) is 3.01. The first-order valence-corrected chi connectivity index (χ1v) is 7.99. The summed E-state index contributed by atoms with van der Waals surface area (Å²) < 4.78 is 0. The van der Waals surface area contributed by atoms with Crippen LogP contribution < -0.4 is 10.2 Å². The van der Waals surface area contributed by atoms with Gasteiger partial charge in [0.2, 0.25) is 0 Å². The Morgan fingerprint density at radius 1 is 1.04 bits per heavy atom. The van der Waals surface area contributed by atoms with Crippen LogP contribution in [0.3, 0.4) is 0 Å². The molecule has 6 heteroatoms. The van der Waals surface area contributed by atoms with Gasteiger partial charge in [-0.1, -0.05) is 30.3 Å². The van der Waals surface area contributed by atoms with E-state index in [9.17, 15) is 14.9 Å². The van der Waals surface area contributed by atoms with Crippen molar-refractivity contribution in [2.24, 2.45) is 0 Å². The summed E-state index contributed by atoms with van der Waals surface area (Å²) in [7, 11) is 0. The largest absolute Gasteiger partial charge is 0.366 e. The first-order chi connectivity index (χ1) is 11.6. The molecular formula is C18H19N3O3. The molecule has 0 unspecified atom stereocenters. The number of hydrogen-bond acceptors (Lipinski definition) is 4. The van der Waals surface area contributed by atoms with Crippen LogP contribution in [-0.4, -0.2) is 30.0 Å². The van der Waals surface area contributed by atoms with E-state index < -0.39 is 0 Å². The molecule has 0 saturated carbocycles. The third-order valence-electron chi connectivity index (χ3n) is 4.29. The van der Waals surface area contributed by atoms with Crippen molar-refractivity contribution in [1.82, 2.24) is 5.32 Å². The van der Waals surface area contributed by atoms with E-state index in [4.69, 9.17) is 0 Å². The van der Waals surface area contributed by atoms with Crippen LogP contribution in [0.4, 0.5) is 11.4 Å². The maximum absolute atomic E-state index is 12.2. The lowest BCUT2D eigenvalue weighted by Crippen LogP contribution is -2.44. The predicted octanol–water partition coefficient (Wildman–Crippen LogP) is 2.99. The normalized spacial score (nSPS) is 15.1. The molecule has 1 saturated heterocycles. The van der Waals surface area contributed by atoms with E-state index in [2.05, 4.69) is 5.32 Å². The molecule has 124 valence electrons. The van der Waals surface area contributed by atoms with Crippen LogP contribution >= 0.6 is 0 Å². The number of carbonyl (C=O) groups is 1. The van der Waals surface area contributed by atoms with E-state index >= 15 is 0 Å². The smallest absolute Gasteiger partial charge is 0.292 e. The number of nitrogens with zero attached hydrogens (tertiary/aromatic N) is 2. The third-order valence-corrected chi connectivity index (χ3v) is 4.29. The summed E-state index contributed by atoms with van der Waals surface area (Å²) in [6, 6.07) is 16.0. The highest BCUT2D eigenvalue weighted by atomic mass is 16.6. The van der Waals surface area contributed by atoms with Crippen molar-refractivity contribution >= 4 is 17.3 Å². The highest BCUT2D eigenvalue weighted by molar-refractivity contribution is 5.94. The average Bonchev–Trinajstić information content (AvgIpc) is 2.63. The maximum atomic E-state index is 12.2. The lowest BCUT2D eigenvalue weighted by molar-refractivity contribution is -0.384. The Kier molecular flexibility index (Phi) is 4.74. The third kappa shape index (κ3) is 3.53. The zero-order valence-electron chi connectivity index (χ0n) is 13.2. The van der Waals surface area contributed by atoms with Gasteiger partial charge in [-0.25, -0.2) is 0 Å². The molecule has 1 fully saturated rings. The first-order valence-electron chi connectivity index (χ1n) is 7.99. The zero-order chi connectivity index (χ0) is 16.9. The second-order valence-electron chi connectivity index (χ2n) is 5.85. The number of para-hydroxylation sites is 2. The number of nitrogens with one attached hydrogen (secondary N) is 1. The van der Waals surface area contributed by atoms with E-state index in [1.54, 1.807) is 24.3 Å². The molecule has 1 amide bonds. The van der Waals surface area contributed by atoms with Crippen molar-refractivity contribution in [3.05, 3.63) is 70.3 Å². The van der Waals surface area contributed by atoms with E-state index in [0.717, 1.165) is 12.8 Å². The molecule has 0 spiro atoms. The van der Waals surface area contributed by atoms with Crippen molar-refractivity contribution in [3.8, 4) is 0 Å². The van der Waals surface area contributed by atoms with Crippen LogP contribution in [0.15, 0.2) is 54.6 Å². The number of rotatable bonds is 4. The van der Waals surface area contributed by atoms with Crippen LogP contribution in [0.2, 0.25) is 0 Å². The number of hydrogen-bond donors (Lipinski definition) is 1. The molecule has 3 rings (SSSR count). The first kappa shape index (κ1) is 16.0. The maximum Gasteiger partial charge on any atom is 0.292 e. The van der Waals surface area contributed by atoms with Crippen LogP contribution in [0.5, 0.6) is 0 Å². The Balaban J connectivity index is 1.60. The lowest BCUT2D eigenvalue weighted by atomic mass is 10.0. The van der Waals surface area contributed by atoms with Gasteiger partial charge in [-0.2, -0.15) is 0 Å². The SMILES string of the molecule is O=C(NC1CCN(c2ccccc2[N+](=O)[O-])CC1)c1ccccc1. The van der Waals surface area contributed by atoms with Gasteiger partial charge in [0.15, 0.2) is 0 Å². The van der Waals surface area contributed by atoms with Crippen LogP contribution in [0.1, 0.15) is 23.2 Å². The second kappa shape index (κ2) is 7.12. The quantitative estimate of drug-likeness (QED) is 0.692. The summed E-state index contributed by atoms with van der Waals surface area (Å²) in [4.78, 5) is 25.0. The standard InChI is InChI=1S/C18H19N3O3/c22-18(14-6-2-1-3-7-14)19-15-10-12-20(13-11-15)16-8-4-5-9-17(16)21(23)24/h1-9,15H,10-13H2,(H,19,22). The van der Waals surface area contributed by atoms with Crippen LogP contribution in [-0.2, 0) is 0 Å². The number of nitro benzene ring substituents is 1. The highest BCUT2D eigenvalue weighted by Gasteiger charge is 2.25. The number of nitro groups is 1. The van der Waals surface area contributed by atoms with Gasteiger partial charge >= 0.3 is 0 Å². The summed E-state index contributed by atoms with van der Waals surface area (Å²) in [5, 5.41) is 14.2. The van der Waals surface area contributed by atoms with Gasteiger partial charge in [0.05, 0.1) is 4.92 Å². The molecule has 0 atom stereocenters. The Bertz CT molecular complexity index is 725. The average molecular weight is 325 g/mol.